The Bertz CT molecular complexity index is 1300. The molecular formula is C35H46N4O3. The van der Waals surface area contributed by atoms with E-state index >= 15 is 0 Å². The zero-order valence-corrected chi connectivity index (χ0v) is 23.9. The first-order chi connectivity index (χ1) is 19.7. The summed E-state index contributed by atoms with van der Waals surface area (Å²) in [6.45, 7) is 2.16. The van der Waals surface area contributed by atoms with E-state index in [0.717, 1.165) is 24.1 Å². The lowest BCUT2D eigenvalue weighted by atomic mass is 10.0. The Morgan fingerprint density at radius 3 is 1.45 bits per heavy atom. The highest BCUT2D eigenvalue weighted by molar-refractivity contribution is 5.80. The Morgan fingerprint density at radius 2 is 1.05 bits per heavy atom. The van der Waals surface area contributed by atoms with Crippen LogP contribution in [0, 0.1) is 0 Å². The summed E-state index contributed by atoms with van der Waals surface area (Å²) >= 11 is 0. The molecule has 0 saturated heterocycles. The van der Waals surface area contributed by atoms with Gasteiger partial charge in [-0.1, -0.05) is 92.4 Å². The van der Waals surface area contributed by atoms with Crippen LogP contribution in [0.15, 0.2) is 109 Å². The van der Waals surface area contributed by atoms with Gasteiger partial charge in [-0.25, -0.2) is 0 Å². The molecule has 0 aliphatic rings. The molecule has 2 atom stereocenters. The first-order valence-corrected chi connectivity index (χ1v) is 13.8. The van der Waals surface area contributed by atoms with Crippen molar-refractivity contribution in [1.29, 1.82) is 0 Å². The Labute approximate surface area is 251 Å². The van der Waals surface area contributed by atoms with Crippen LogP contribution >= 0.6 is 0 Å². The quantitative estimate of drug-likeness (QED) is 0.192. The van der Waals surface area contributed by atoms with Gasteiger partial charge in [0.05, 0.1) is 6.04 Å². The number of carbonyl (C=O) groups is 1. The minimum atomic E-state index is -0.380. The van der Waals surface area contributed by atoms with E-state index in [1.807, 2.05) is 72.6 Å². The molecule has 0 aromatic heterocycles. The van der Waals surface area contributed by atoms with Crippen LogP contribution in [-0.4, -0.2) is 58.6 Å². The zero-order valence-electron chi connectivity index (χ0n) is 23.9. The van der Waals surface area contributed by atoms with E-state index in [4.69, 9.17) is 11.5 Å². The number of benzene rings is 4. The lowest BCUT2D eigenvalue weighted by Crippen LogP contribution is -2.43. The van der Waals surface area contributed by atoms with E-state index in [-0.39, 0.29) is 25.1 Å². The van der Waals surface area contributed by atoms with Crippen LogP contribution in [0.1, 0.15) is 29.7 Å². The number of nitrogens with zero attached hydrogens (tertiary/aromatic N) is 2. The third-order valence-corrected chi connectivity index (χ3v) is 7.08. The van der Waals surface area contributed by atoms with Crippen molar-refractivity contribution in [3.05, 3.63) is 131 Å². The smallest absolute Gasteiger partial charge is 0.235 e. The van der Waals surface area contributed by atoms with E-state index in [0.29, 0.717) is 31.3 Å². The Balaban J connectivity index is 0.000000287. The topological polar surface area (TPSA) is 116 Å². The van der Waals surface area contributed by atoms with Crippen molar-refractivity contribution in [2.75, 3.05) is 20.6 Å². The van der Waals surface area contributed by atoms with Crippen molar-refractivity contribution in [3.63, 3.8) is 0 Å². The molecule has 7 nitrogen and oxygen atoms in total. The van der Waals surface area contributed by atoms with E-state index < -0.39 is 0 Å². The Hall–Kier alpha value is -4.17. The highest BCUT2D eigenvalue weighted by Gasteiger charge is 2.21. The number of hydrogen-bond donors (Lipinski definition) is 4. The summed E-state index contributed by atoms with van der Waals surface area (Å²) in [6.07, 6.45) is 1.42. The zero-order chi connectivity index (χ0) is 29.6. The average Bonchev–Trinajstić information content (AvgIpc) is 2.97. The van der Waals surface area contributed by atoms with Crippen molar-refractivity contribution < 1.29 is 15.0 Å². The van der Waals surface area contributed by atoms with E-state index in [1.165, 1.54) is 11.1 Å². The molecule has 4 aromatic carbocycles. The fraction of sp³-hybridized carbons (Fsp3) is 0.286. The minimum Gasteiger partial charge on any atom is -0.508 e. The van der Waals surface area contributed by atoms with Crippen LogP contribution in [0.5, 0.6) is 11.5 Å². The second-order valence-electron chi connectivity index (χ2n) is 10.4. The summed E-state index contributed by atoms with van der Waals surface area (Å²) in [5, 5.41) is 18.6. The van der Waals surface area contributed by atoms with Crippen molar-refractivity contribution in [2.24, 2.45) is 11.5 Å². The van der Waals surface area contributed by atoms with E-state index in [2.05, 4.69) is 36.2 Å². The highest BCUT2D eigenvalue weighted by atomic mass is 16.3. The highest BCUT2D eigenvalue weighted by Crippen LogP contribution is 2.16. The Morgan fingerprint density at radius 1 is 0.643 bits per heavy atom. The van der Waals surface area contributed by atoms with Crippen LogP contribution in [0.25, 0.3) is 0 Å². The summed E-state index contributed by atoms with van der Waals surface area (Å²) in [5.74, 6) is 0.171. The Kier molecular flexibility index (Phi) is 14.3. The number of amides is 1. The lowest BCUT2D eigenvalue weighted by molar-refractivity contribution is -0.122. The standard InChI is InChI=1S/C17H20N2O2.C17H22N2O.CH4/c1-19(12-14-5-3-2-4-6-14)16(17(18)21)11-13-7-9-15(20)10-8-13;1-19(13-15-5-3-2-4-6-15)16(12-18)11-14-7-9-17(20)10-8-14;/h2-10,16,20H,11-12H2,1H3,(H2,18,21);2-10,16,20H,11-13,18H2,1H3;1H4/t2*16-;/m00./s1. The van der Waals surface area contributed by atoms with E-state index in [9.17, 15) is 15.0 Å². The molecule has 6 N–H and O–H groups in total. The van der Waals surface area contributed by atoms with Gasteiger partial charge in [0.2, 0.25) is 5.91 Å². The summed E-state index contributed by atoms with van der Waals surface area (Å²) in [6, 6.07) is 34.5. The molecule has 4 rings (SSSR count). The first kappa shape index (κ1) is 34.0. The molecule has 0 spiro atoms. The maximum atomic E-state index is 11.7. The van der Waals surface area contributed by atoms with Crippen molar-refractivity contribution in [2.45, 2.75) is 45.4 Å². The van der Waals surface area contributed by atoms with Gasteiger partial charge >= 0.3 is 0 Å². The average molecular weight is 571 g/mol. The van der Waals surface area contributed by atoms with Gasteiger partial charge in [0.25, 0.3) is 0 Å². The molecule has 0 radical (unpaired) electrons. The number of nitrogens with two attached hydrogens (primary N) is 2. The molecule has 0 heterocycles. The minimum absolute atomic E-state index is 0. The van der Waals surface area contributed by atoms with Crippen LogP contribution in [0.3, 0.4) is 0 Å². The molecule has 0 saturated carbocycles. The number of primary amides is 1. The number of aromatic hydroxyl groups is 2. The number of phenolic OH excluding ortho intramolecular Hbond substituents is 2. The number of rotatable bonds is 12. The fourth-order valence-electron chi connectivity index (χ4n) is 4.63. The van der Waals surface area contributed by atoms with E-state index in [1.54, 1.807) is 24.3 Å². The van der Waals surface area contributed by atoms with Crippen molar-refractivity contribution in [1.82, 2.24) is 9.80 Å². The van der Waals surface area contributed by atoms with Gasteiger partial charge in [-0.2, -0.15) is 0 Å². The molecule has 7 heteroatoms. The molecule has 1 amide bonds. The third-order valence-electron chi connectivity index (χ3n) is 7.08. The summed E-state index contributed by atoms with van der Waals surface area (Å²) in [4.78, 5) is 16.0. The third kappa shape index (κ3) is 11.4. The van der Waals surface area contributed by atoms with Crippen LogP contribution < -0.4 is 11.5 Å². The number of likely N-dealkylation sites (N-methyl/N-ethyl adjacent to an activating group) is 2. The second-order valence-corrected chi connectivity index (χ2v) is 10.4. The molecule has 0 aliphatic carbocycles. The maximum Gasteiger partial charge on any atom is 0.235 e. The molecule has 0 fully saturated rings. The monoisotopic (exact) mass is 570 g/mol. The van der Waals surface area contributed by atoms with Gasteiger partial charge in [0.1, 0.15) is 11.5 Å². The molecule has 4 aromatic rings. The first-order valence-electron chi connectivity index (χ1n) is 13.8. The predicted molar refractivity (Wildman–Crippen MR) is 172 cm³/mol. The molecule has 42 heavy (non-hydrogen) atoms. The molecule has 224 valence electrons. The summed E-state index contributed by atoms with van der Waals surface area (Å²) in [5.41, 5.74) is 16.0. The summed E-state index contributed by atoms with van der Waals surface area (Å²) < 4.78 is 0. The van der Waals surface area contributed by atoms with Gasteiger partial charge in [0.15, 0.2) is 0 Å². The fourth-order valence-corrected chi connectivity index (χ4v) is 4.63. The van der Waals surface area contributed by atoms with Gasteiger partial charge in [-0.05, 0) is 73.5 Å². The molecule has 0 bridgehead atoms. The van der Waals surface area contributed by atoms with Gasteiger partial charge in [-0.3, -0.25) is 14.6 Å². The molecule has 0 aliphatic heterocycles. The van der Waals surface area contributed by atoms with Crippen molar-refractivity contribution >= 4 is 5.91 Å². The molecular weight excluding hydrogens is 524 g/mol. The predicted octanol–water partition coefficient (Wildman–Crippen LogP) is 4.95. The summed E-state index contributed by atoms with van der Waals surface area (Å²) in [7, 11) is 3.99. The SMILES string of the molecule is C.CN(Cc1ccccc1)[C@@H](Cc1ccc(O)cc1)C(N)=O.CN(Cc1ccccc1)[C@H](CN)Cc1ccc(O)cc1. The van der Waals surface area contributed by atoms with Crippen LogP contribution in [0.4, 0.5) is 0 Å². The maximum absolute atomic E-state index is 11.7. The van der Waals surface area contributed by atoms with Crippen LogP contribution in [-0.2, 0) is 30.7 Å². The normalized spacial score (nSPS) is 12.1. The number of phenols is 2. The second kappa shape index (κ2) is 17.6. The largest absolute Gasteiger partial charge is 0.508 e. The van der Waals surface area contributed by atoms with Gasteiger partial charge in [0, 0.05) is 25.7 Å². The lowest BCUT2D eigenvalue weighted by Gasteiger charge is -2.27. The molecule has 0 unspecified atom stereocenters. The van der Waals surface area contributed by atoms with Crippen LogP contribution in [0.2, 0.25) is 0 Å². The number of carbonyl (C=O) groups excluding carboxylic acids is 1. The van der Waals surface area contributed by atoms with Crippen molar-refractivity contribution in [3.8, 4) is 11.5 Å². The number of hydrogen-bond acceptors (Lipinski definition) is 6. The van der Waals surface area contributed by atoms with Gasteiger partial charge in [-0.15, -0.1) is 0 Å². The van der Waals surface area contributed by atoms with Gasteiger partial charge < -0.3 is 21.7 Å².